The van der Waals surface area contributed by atoms with Crippen molar-refractivity contribution in [2.24, 2.45) is 28.6 Å². The first-order valence-electron chi connectivity index (χ1n) is 10.0. The number of hydrogen-bond acceptors (Lipinski definition) is 5. The highest BCUT2D eigenvalue weighted by molar-refractivity contribution is 5.94. The molecule has 3 fully saturated rings. The fourth-order valence-electron chi connectivity index (χ4n) is 7.31. The highest BCUT2D eigenvalue weighted by Crippen LogP contribution is 2.67. The second-order valence-corrected chi connectivity index (χ2v) is 9.62. The SMILES string of the molecule is C[C@]12CCC(=N)C=C1CC[C@@H]1[C@@H]2[C@H](O)C[C@@]2(C)[C@H]1CC[C@]2(O)C(=O)CO. The van der Waals surface area contributed by atoms with Crippen molar-refractivity contribution in [1.82, 2.24) is 0 Å². The average molecular weight is 361 g/mol. The van der Waals surface area contributed by atoms with Crippen molar-refractivity contribution in [3.63, 3.8) is 0 Å². The van der Waals surface area contributed by atoms with Crippen molar-refractivity contribution >= 4 is 11.5 Å². The first kappa shape index (κ1) is 18.3. The van der Waals surface area contributed by atoms with Gasteiger partial charge in [-0.2, -0.15) is 0 Å². The Hall–Kier alpha value is -1.04. The summed E-state index contributed by atoms with van der Waals surface area (Å²) < 4.78 is 0. The summed E-state index contributed by atoms with van der Waals surface area (Å²) in [6, 6.07) is 0. The number of carbonyl (C=O) groups excluding carboxylic acids is 1. The van der Waals surface area contributed by atoms with E-state index in [0.29, 0.717) is 18.6 Å². The number of allylic oxidation sites excluding steroid dienone is 2. The molecular formula is C21H31NO4. The van der Waals surface area contributed by atoms with E-state index in [-0.39, 0.29) is 23.2 Å². The van der Waals surface area contributed by atoms with Gasteiger partial charge >= 0.3 is 0 Å². The molecule has 0 aliphatic heterocycles. The summed E-state index contributed by atoms with van der Waals surface area (Å²) in [4.78, 5) is 12.4. The number of Topliss-reactive ketones (excluding diaryl/α,β-unsaturated/α-hetero) is 1. The number of carbonyl (C=O) groups is 1. The van der Waals surface area contributed by atoms with Crippen LogP contribution in [0.25, 0.3) is 0 Å². The summed E-state index contributed by atoms with van der Waals surface area (Å²) >= 11 is 0. The van der Waals surface area contributed by atoms with Gasteiger partial charge in [0, 0.05) is 11.1 Å². The molecule has 7 atom stereocenters. The zero-order valence-electron chi connectivity index (χ0n) is 15.8. The van der Waals surface area contributed by atoms with E-state index in [1.807, 2.05) is 13.0 Å². The summed E-state index contributed by atoms with van der Waals surface area (Å²) in [5.74, 6) is 0.0944. The minimum Gasteiger partial charge on any atom is -0.393 e. The van der Waals surface area contributed by atoms with Gasteiger partial charge in [0.15, 0.2) is 5.78 Å². The van der Waals surface area contributed by atoms with E-state index >= 15 is 0 Å². The number of ketones is 1. The Balaban J connectivity index is 1.74. The number of hydrogen-bond donors (Lipinski definition) is 4. The predicted octanol–water partition coefficient (Wildman–Crippen LogP) is 2.23. The van der Waals surface area contributed by atoms with E-state index < -0.39 is 29.5 Å². The molecular weight excluding hydrogens is 330 g/mol. The highest BCUT2D eigenvalue weighted by atomic mass is 16.3. The van der Waals surface area contributed by atoms with Crippen LogP contribution in [0.1, 0.15) is 58.8 Å². The van der Waals surface area contributed by atoms with Gasteiger partial charge in [-0.1, -0.05) is 19.4 Å². The highest BCUT2D eigenvalue weighted by Gasteiger charge is 2.68. The second kappa shape index (κ2) is 5.73. The molecule has 5 heteroatoms. The van der Waals surface area contributed by atoms with Crippen LogP contribution in [0.2, 0.25) is 0 Å². The van der Waals surface area contributed by atoms with Crippen LogP contribution in [0.5, 0.6) is 0 Å². The molecule has 144 valence electrons. The van der Waals surface area contributed by atoms with Gasteiger partial charge in [-0.15, -0.1) is 0 Å². The van der Waals surface area contributed by atoms with Crippen LogP contribution in [0, 0.1) is 34.0 Å². The molecule has 0 unspecified atom stereocenters. The van der Waals surface area contributed by atoms with Gasteiger partial charge in [0.25, 0.3) is 0 Å². The Kier molecular flexibility index (Phi) is 4.04. The van der Waals surface area contributed by atoms with E-state index in [2.05, 4.69) is 6.92 Å². The minimum atomic E-state index is -1.52. The second-order valence-electron chi connectivity index (χ2n) is 9.62. The lowest BCUT2D eigenvalue weighted by molar-refractivity contribution is -0.181. The summed E-state index contributed by atoms with van der Waals surface area (Å²) in [7, 11) is 0. The zero-order valence-corrected chi connectivity index (χ0v) is 15.8. The van der Waals surface area contributed by atoms with Gasteiger partial charge in [-0.25, -0.2) is 0 Å². The van der Waals surface area contributed by atoms with Crippen molar-refractivity contribution in [2.45, 2.75) is 70.5 Å². The van der Waals surface area contributed by atoms with Crippen LogP contribution >= 0.6 is 0 Å². The number of aliphatic hydroxyl groups excluding tert-OH is 2. The molecule has 0 amide bonds. The molecule has 5 nitrogen and oxygen atoms in total. The molecule has 0 heterocycles. The monoisotopic (exact) mass is 361 g/mol. The zero-order chi connectivity index (χ0) is 18.9. The number of nitrogens with one attached hydrogen (secondary N) is 1. The van der Waals surface area contributed by atoms with Gasteiger partial charge in [-0.3, -0.25) is 4.79 Å². The van der Waals surface area contributed by atoms with Gasteiger partial charge in [0.2, 0.25) is 0 Å². The lowest BCUT2D eigenvalue weighted by atomic mass is 9.45. The summed E-state index contributed by atoms with van der Waals surface area (Å²) in [5.41, 5.74) is -0.293. The van der Waals surface area contributed by atoms with Gasteiger partial charge in [0.05, 0.1) is 6.10 Å². The largest absolute Gasteiger partial charge is 0.393 e. The third-order valence-corrected chi connectivity index (χ3v) is 8.69. The van der Waals surface area contributed by atoms with E-state index in [4.69, 9.17) is 5.41 Å². The number of aliphatic hydroxyl groups is 3. The molecule has 0 saturated heterocycles. The lowest BCUT2D eigenvalue weighted by Crippen LogP contribution is -2.62. The maximum atomic E-state index is 12.4. The van der Waals surface area contributed by atoms with Crippen molar-refractivity contribution in [2.75, 3.05) is 6.61 Å². The smallest absolute Gasteiger partial charge is 0.190 e. The third-order valence-electron chi connectivity index (χ3n) is 8.69. The Morgan fingerprint density at radius 3 is 2.69 bits per heavy atom. The number of rotatable bonds is 2. The van der Waals surface area contributed by atoms with Crippen LogP contribution in [-0.4, -0.2) is 45.1 Å². The molecule has 0 bridgehead atoms. The van der Waals surface area contributed by atoms with Crippen LogP contribution in [0.3, 0.4) is 0 Å². The summed E-state index contributed by atoms with van der Waals surface area (Å²) in [6.07, 6.45) is 6.56. The van der Waals surface area contributed by atoms with Crippen LogP contribution in [-0.2, 0) is 4.79 Å². The molecule has 0 radical (unpaired) electrons. The summed E-state index contributed by atoms with van der Waals surface area (Å²) in [6.45, 7) is 3.55. The predicted molar refractivity (Wildman–Crippen MR) is 97.9 cm³/mol. The Labute approximate surface area is 155 Å². The normalized spacial score (nSPS) is 50.5. The Bertz CT molecular complexity index is 687. The van der Waals surface area contributed by atoms with Crippen molar-refractivity contribution < 1.29 is 20.1 Å². The lowest BCUT2D eigenvalue weighted by Gasteiger charge is -2.60. The van der Waals surface area contributed by atoms with E-state index in [1.54, 1.807) is 0 Å². The van der Waals surface area contributed by atoms with Gasteiger partial charge < -0.3 is 20.7 Å². The van der Waals surface area contributed by atoms with E-state index in [0.717, 1.165) is 32.1 Å². The molecule has 4 aliphatic rings. The fraction of sp³-hybridized carbons (Fsp3) is 0.810. The topological polar surface area (TPSA) is 102 Å². The quantitative estimate of drug-likeness (QED) is 0.606. The molecule has 0 aromatic carbocycles. The van der Waals surface area contributed by atoms with Crippen molar-refractivity contribution in [1.29, 1.82) is 5.41 Å². The number of fused-ring (bicyclic) bond motifs is 5. The fourth-order valence-corrected chi connectivity index (χ4v) is 7.31. The van der Waals surface area contributed by atoms with E-state index in [1.165, 1.54) is 5.57 Å². The molecule has 4 N–H and O–H groups in total. The standard InChI is InChI=1S/C21H31NO4/c1-19-7-5-13(22)9-12(19)3-4-14-15-6-8-21(26,17(25)11-23)20(15,2)10-16(24)18(14)19/h9,14-16,18,22-24,26H,3-8,10-11H2,1-2H3/t14-,15-,16+,18+,19-,20-,21-/m0/s1. The maximum absolute atomic E-state index is 12.4. The van der Waals surface area contributed by atoms with Crippen LogP contribution in [0.4, 0.5) is 0 Å². The summed E-state index contributed by atoms with van der Waals surface area (Å²) in [5, 5.41) is 39.8. The first-order valence-corrected chi connectivity index (χ1v) is 10.0. The molecule has 3 saturated carbocycles. The molecule has 0 spiro atoms. The Morgan fingerprint density at radius 1 is 1.27 bits per heavy atom. The Morgan fingerprint density at radius 2 is 2.00 bits per heavy atom. The van der Waals surface area contributed by atoms with Crippen molar-refractivity contribution in [3.8, 4) is 0 Å². The molecule has 4 rings (SSSR count). The molecule has 0 aromatic rings. The van der Waals surface area contributed by atoms with Crippen LogP contribution in [0.15, 0.2) is 11.6 Å². The maximum Gasteiger partial charge on any atom is 0.190 e. The van der Waals surface area contributed by atoms with Gasteiger partial charge in [-0.05, 0) is 74.2 Å². The third kappa shape index (κ3) is 2.14. The minimum absolute atomic E-state index is 0.0874. The molecule has 0 aromatic heterocycles. The van der Waals surface area contributed by atoms with Crippen LogP contribution < -0.4 is 0 Å². The first-order chi connectivity index (χ1) is 12.2. The van der Waals surface area contributed by atoms with E-state index in [9.17, 15) is 20.1 Å². The van der Waals surface area contributed by atoms with Crippen molar-refractivity contribution in [3.05, 3.63) is 11.6 Å². The molecule has 26 heavy (non-hydrogen) atoms. The van der Waals surface area contributed by atoms with Gasteiger partial charge in [0.1, 0.15) is 12.2 Å². The average Bonchev–Trinajstić information content (AvgIpc) is 2.86. The molecule has 4 aliphatic carbocycles.